The molecule has 0 saturated carbocycles. The fourth-order valence-corrected chi connectivity index (χ4v) is 3.21. The zero-order valence-corrected chi connectivity index (χ0v) is 15.0. The number of nitriles is 1. The SMILES string of the molecule is N#CCCNS(=O)(=O)c1ccc(C(=O)OCc2ccc(F)cc2Cl)cc1. The maximum absolute atomic E-state index is 13.0. The summed E-state index contributed by atoms with van der Waals surface area (Å²) in [6.07, 6.45) is 0.0512. The number of esters is 1. The number of nitrogens with one attached hydrogen (secondary N) is 1. The van der Waals surface area contributed by atoms with Gasteiger partial charge >= 0.3 is 5.97 Å². The number of carbonyl (C=O) groups is 1. The zero-order valence-electron chi connectivity index (χ0n) is 13.4. The molecule has 0 fully saturated rings. The Bertz CT molecular complexity index is 940. The standard InChI is InChI=1S/C17H14ClFN2O4S/c18-16-10-14(19)5-2-13(16)11-25-17(22)12-3-6-15(7-4-12)26(23,24)21-9-1-8-20/h2-7,10,21H,1,9,11H2. The second-order valence-electron chi connectivity index (χ2n) is 5.14. The van der Waals surface area contributed by atoms with E-state index in [9.17, 15) is 17.6 Å². The van der Waals surface area contributed by atoms with Crippen LogP contribution >= 0.6 is 11.6 Å². The lowest BCUT2D eigenvalue weighted by molar-refractivity contribution is 0.0472. The van der Waals surface area contributed by atoms with Crippen molar-refractivity contribution in [3.63, 3.8) is 0 Å². The lowest BCUT2D eigenvalue weighted by Crippen LogP contribution is -2.24. The van der Waals surface area contributed by atoms with Crippen molar-refractivity contribution in [3.8, 4) is 6.07 Å². The van der Waals surface area contributed by atoms with E-state index in [1.54, 1.807) is 0 Å². The molecule has 2 aromatic rings. The van der Waals surface area contributed by atoms with Gasteiger partial charge in [-0.1, -0.05) is 17.7 Å². The summed E-state index contributed by atoms with van der Waals surface area (Å²) in [6, 6.07) is 10.7. The molecule has 1 N–H and O–H groups in total. The Labute approximate surface area is 155 Å². The summed E-state index contributed by atoms with van der Waals surface area (Å²) < 4.78 is 44.3. The summed E-state index contributed by atoms with van der Waals surface area (Å²) in [6.45, 7) is -0.144. The van der Waals surface area contributed by atoms with E-state index in [1.165, 1.54) is 36.4 Å². The van der Waals surface area contributed by atoms with E-state index in [1.807, 2.05) is 6.07 Å². The Balaban J connectivity index is 2.01. The molecule has 0 saturated heterocycles. The molecule has 6 nitrogen and oxygen atoms in total. The van der Waals surface area contributed by atoms with Crippen molar-refractivity contribution in [1.29, 1.82) is 5.26 Å². The number of hydrogen-bond donors (Lipinski definition) is 1. The number of benzene rings is 2. The minimum Gasteiger partial charge on any atom is -0.457 e. The predicted octanol–water partition coefficient (Wildman–Crippen LogP) is 3.03. The highest BCUT2D eigenvalue weighted by Crippen LogP contribution is 2.19. The molecule has 136 valence electrons. The third kappa shape index (κ3) is 5.26. The lowest BCUT2D eigenvalue weighted by Gasteiger charge is -2.08. The summed E-state index contributed by atoms with van der Waals surface area (Å²) in [5.41, 5.74) is 0.599. The Kier molecular flexibility index (Phi) is 6.69. The van der Waals surface area contributed by atoms with Gasteiger partial charge in [0.15, 0.2) is 0 Å². The van der Waals surface area contributed by atoms with Crippen LogP contribution in [0, 0.1) is 17.1 Å². The van der Waals surface area contributed by atoms with Gasteiger partial charge in [-0.25, -0.2) is 22.3 Å². The van der Waals surface area contributed by atoms with E-state index >= 15 is 0 Å². The molecule has 2 rings (SSSR count). The van der Waals surface area contributed by atoms with E-state index in [-0.39, 0.29) is 35.1 Å². The van der Waals surface area contributed by atoms with Crippen LogP contribution in [0.15, 0.2) is 47.4 Å². The van der Waals surface area contributed by atoms with Gasteiger partial charge in [-0.3, -0.25) is 0 Å². The highest BCUT2D eigenvalue weighted by Gasteiger charge is 2.15. The third-order valence-corrected chi connectivity index (χ3v) is 5.13. The van der Waals surface area contributed by atoms with E-state index in [0.29, 0.717) is 5.56 Å². The lowest BCUT2D eigenvalue weighted by atomic mass is 10.2. The summed E-state index contributed by atoms with van der Waals surface area (Å²) in [7, 11) is -3.75. The molecule has 0 aliphatic heterocycles. The normalized spacial score (nSPS) is 11.0. The summed E-state index contributed by atoms with van der Waals surface area (Å²) in [5, 5.41) is 8.57. The maximum Gasteiger partial charge on any atom is 0.338 e. The number of ether oxygens (including phenoxy) is 1. The molecule has 0 heterocycles. The van der Waals surface area contributed by atoms with Crippen LogP contribution in [0.2, 0.25) is 5.02 Å². The van der Waals surface area contributed by atoms with Crippen molar-refractivity contribution >= 4 is 27.6 Å². The molecule has 0 aromatic heterocycles. The third-order valence-electron chi connectivity index (χ3n) is 3.30. The van der Waals surface area contributed by atoms with Gasteiger partial charge in [0.1, 0.15) is 12.4 Å². The number of hydrogen-bond acceptors (Lipinski definition) is 5. The number of rotatable bonds is 7. The van der Waals surface area contributed by atoms with Crippen molar-refractivity contribution < 1.29 is 22.3 Å². The minimum absolute atomic E-state index is 0.00105. The summed E-state index contributed by atoms with van der Waals surface area (Å²) in [5.74, 6) is -1.17. The number of carbonyl (C=O) groups excluding carboxylic acids is 1. The van der Waals surface area contributed by atoms with Crippen molar-refractivity contribution in [2.45, 2.75) is 17.9 Å². The molecule has 9 heteroatoms. The fourth-order valence-electron chi connectivity index (χ4n) is 1.96. The summed E-state index contributed by atoms with van der Waals surface area (Å²) in [4.78, 5) is 12.0. The largest absolute Gasteiger partial charge is 0.457 e. The Hall–Kier alpha value is -2.47. The number of sulfonamides is 1. The minimum atomic E-state index is -3.75. The highest BCUT2D eigenvalue weighted by atomic mass is 35.5. The van der Waals surface area contributed by atoms with Gasteiger partial charge in [0.25, 0.3) is 0 Å². The van der Waals surface area contributed by atoms with Gasteiger partial charge in [0.05, 0.1) is 21.6 Å². The van der Waals surface area contributed by atoms with Crippen LogP contribution in [0.5, 0.6) is 0 Å². The van der Waals surface area contributed by atoms with Gasteiger partial charge < -0.3 is 4.74 Å². The second kappa shape index (κ2) is 8.76. The topological polar surface area (TPSA) is 96.3 Å². The quantitative estimate of drug-likeness (QED) is 0.573. The van der Waals surface area contributed by atoms with Gasteiger partial charge in [-0.05, 0) is 36.4 Å². The molecule has 0 bridgehead atoms. The first-order valence-corrected chi connectivity index (χ1v) is 9.27. The van der Waals surface area contributed by atoms with Crippen molar-refractivity contribution in [1.82, 2.24) is 4.72 Å². The average Bonchev–Trinajstić information content (AvgIpc) is 2.61. The molecule has 26 heavy (non-hydrogen) atoms. The highest BCUT2D eigenvalue weighted by molar-refractivity contribution is 7.89. The monoisotopic (exact) mass is 396 g/mol. The van der Waals surface area contributed by atoms with Crippen LogP contribution in [0.4, 0.5) is 4.39 Å². The van der Waals surface area contributed by atoms with Gasteiger partial charge in [-0.2, -0.15) is 5.26 Å². The Morgan fingerprint density at radius 2 is 1.92 bits per heavy atom. The molecule has 0 amide bonds. The number of nitrogens with zero attached hydrogens (tertiary/aromatic N) is 1. The predicted molar refractivity (Wildman–Crippen MR) is 92.4 cm³/mol. The first-order chi connectivity index (χ1) is 12.3. The van der Waals surface area contributed by atoms with E-state index in [2.05, 4.69) is 4.72 Å². The van der Waals surface area contributed by atoms with Crippen LogP contribution in [-0.4, -0.2) is 20.9 Å². The fraction of sp³-hybridized carbons (Fsp3) is 0.176. The van der Waals surface area contributed by atoms with Gasteiger partial charge in [0, 0.05) is 18.5 Å². The van der Waals surface area contributed by atoms with Crippen molar-refractivity contribution in [3.05, 3.63) is 64.4 Å². The van der Waals surface area contributed by atoms with Crippen LogP contribution in [-0.2, 0) is 21.4 Å². The van der Waals surface area contributed by atoms with E-state index in [4.69, 9.17) is 21.6 Å². The smallest absolute Gasteiger partial charge is 0.338 e. The molecule has 0 unspecified atom stereocenters. The molecule has 0 spiro atoms. The average molecular weight is 397 g/mol. The Morgan fingerprint density at radius 3 is 2.54 bits per heavy atom. The Morgan fingerprint density at radius 1 is 1.23 bits per heavy atom. The van der Waals surface area contributed by atoms with Crippen molar-refractivity contribution in [2.24, 2.45) is 0 Å². The van der Waals surface area contributed by atoms with E-state index in [0.717, 1.165) is 6.07 Å². The first kappa shape index (κ1) is 19.8. The van der Waals surface area contributed by atoms with Crippen LogP contribution < -0.4 is 4.72 Å². The van der Waals surface area contributed by atoms with Crippen LogP contribution in [0.1, 0.15) is 22.3 Å². The van der Waals surface area contributed by atoms with Gasteiger partial charge in [-0.15, -0.1) is 0 Å². The molecule has 0 aliphatic rings. The molecule has 2 aromatic carbocycles. The number of halogens is 2. The first-order valence-electron chi connectivity index (χ1n) is 7.41. The van der Waals surface area contributed by atoms with Crippen LogP contribution in [0.25, 0.3) is 0 Å². The zero-order chi connectivity index (χ0) is 19.2. The molecular formula is C17H14ClFN2O4S. The van der Waals surface area contributed by atoms with Gasteiger partial charge in [0.2, 0.25) is 10.0 Å². The molecule has 0 aliphatic carbocycles. The van der Waals surface area contributed by atoms with E-state index < -0.39 is 21.8 Å². The van der Waals surface area contributed by atoms with Crippen LogP contribution in [0.3, 0.4) is 0 Å². The molecule has 0 radical (unpaired) electrons. The molecular weight excluding hydrogens is 383 g/mol. The maximum atomic E-state index is 13.0. The molecule has 0 atom stereocenters. The second-order valence-corrected chi connectivity index (χ2v) is 7.32. The summed E-state index contributed by atoms with van der Waals surface area (Å²) >= 11 is 5.86. The van der Waals surface area contributed by atoms with Crippen molar-refractivity contribution in [2.75, 3.05) is 6.54 Å².